The van der Waals surface area contributed by atoms with Gasteiger partial charge in [0.15, 0.2) is 11.5 Å². The van der Waals surface area contributed by atoms with Crippen molar-refractivity contribution < 1.29 is 9.32 Å². The number of amides is 1. The van der Waals surface area contributed by atoms with Gasteiger partial charge in [0.1, 0.15) is 0 Å². The molecule has 0 saturated carbocycles. The van der Waals surface area contributed by atoms with Crippen LogP contribution < -0.4 is 11.1 Å². The topological polar surface area (TPSA) is 94.0 Å². The standard InChI is InChI=1S/C16H22N4O2/c1-11(2)8-16(3,10-17)19-15(21)13-7-14(22-20-13)12-5-4-6-18-9-12/h4-7,9,11H,8,10,17H2,1-3H3,(H,19,21). The van der Waals surface area contributed by atoms with E-state index in [1.165, 1.54) is 0 Å². The first kappa shape index (κ1) is 16.2. The van der Waals surface area contributed by atoms with Crippen molar-refractivity contribution in [1.29, 1.82) is 0 Å². The second-order valence-corrected chi connectivity index (χ2v) is 6.13. The molecule has 1 atom stereocenters. The van der Waals surface area contributed by atoms with Gasteiger partial charge in [-0.2, -0.15) is 0 Å². The van der Waals surface area contributed by atoms with Gasteiger partial charge in [-0.15, -0.1) is 0 Å². The van der Waals surface area contributed by atoms with Crippen LogP contribution in [-0.4, -0.2) is 28.1 Å². The van der Waals surface area contributed by atoms with Crippen molar-refractivity contribution in [2.75, 3.05) is 6.54 Å². The van der Waals surface area contributed by atoms with Crippen molar-refractivity contribution in [2.24, 2.45) is 11.7 Å². The number of hydrogen-bond donors (Lipinski definition) is 2. The molecule has 6 nitrogen and oxygen atoms in total. The highest BCUT2D eigenvalue weighted by Crippen LogP contribution is 2.20. The van der Waals surface area contributed by atoms with Gasteiger partial charge in [0.05, 0.1) is 5.54 Å². The Kier molecular flexibility index (Phi) is 4.92. The number of rotatable bonds is 6. The molecule has 3 N–H and O–H groups in total. The minimum Gasteiger partial charge on any atom is -0.355 e. The van der Waals surface area contributed by atoms with Crippen molar-refractivity contribution in [3.63, 3.8) is 0 Å². The number of nitrogens with one attached hydrogen (secondary N) is 1. The molecule has 2 aromatic rings. The first-order chi connectivity index (χ1) is 10.4. The Bertz CT molecular complexity index is 624. The molecular formula is C16H22N4O2. The van der Waals surface area contributed by atoms with Gasteiger partial charge in [-0.1, -0.05) is 19.0 Å². The van der Waals surface area contributed by atoms with E-state index < -0.39 is 5.54 Å². The number of carbonyl (C=O) groups is 1. The number of nitrogens with two attached hydrogens (primary N) is 1. The molecule has 118 valence electrons. The monoisotopic (exact) mass is 302 g/mol. The SMILES string of the molecule is CC(C)CC(C)(CN)NC(=O)c1cc(-c2cccnc2)on1. The van der Waals surface area contributed by atoms with Crippen LogP contribution in [0, 0.1) is 5.92 Å². The van der Waals surface area contributed by atoms with Gasteiger partial charge < -0.3 is 15.6 Å². The normalized spacial score (nSPS) is 13.9. The lowest BCUT2D eigenvalue weighted by atomic mass is 9.90. The van der Waals surface area contributed by atoms with Crippen molar-refractivity contribution in [1.82, 2.24) is 15.5 Å². The molecule has 1 unspecified atom stereocenters. The first-order valence-corrected chi connectivity index (χ1v) is 7.33. The molecule has 0 aliphatic heterocycles. The predicted octanol–water partition coefficient (Wildman–Crippen LogP) is 2.23. The van der Waals surface area contributed by atoms with Gasteiger partial charge in [-0.3, -0.25) is 9.78 Å². The fourth-order valence-electron chi connectivity index (χ4n) is 2.45. The van der Waals surface area contributed by atoms with Crippen LogP contribution in [0.2, 0.25) is 0 Å². The van der Waals surface area contributed by atoms with E-state index in [1.54, 1.807) is 24.5 Å². The van der Waals surface area contributed by atoms with E-state index in [1.807, 2.05) is 13.0 Å². The van der Waals surface area contributed by atoms with Gasteiger partial charge in [-0.25, -0.2) is 0 Å². The lowest BCUT2D eigenvalue weighted by Crippen LogP contribution is -2.52. The quantitative estimate of drug-likeness (QED) is 0.853. The van der Waals surface area contributed by atoms with E-state index in [9.17, 15) is 4.79 Å². The van der Waals surface area contributed by atoms with Gasteiger partial charge >= 0.3 is 0 Å². The summed E-state index contributed by atoms with van der Waals surface area (Å²) in [7, 11) is 0. The second kappa shape index (κ2) is 6.70. The maximum atomic E-state index is 12.3. The maximum absolute atomic E-state index is 12.3. The van der Waals surface area contributed by atoms with E-state index >= 15 is 0 Å². The molecule has 0 saturated heterocycles. The predicted molar refractivity (Wildman–Crippen MR) is 84.1 cm³/mol. The Morgan fingerprint density at radius 1 is 1.50 bits per heavy atom. The summed E-state index contributed by atoms with van der Waals surface area (Å²) >= 11 is 0. The third kappa shape index (κ3) is 3.92. The smallest absolute Gasteiger partial charge is 0.273 e. The fourth-order valence-corrected chi connectivity index (χ4v) is 2.45. The third-order valence-electron chi connectivity index (χ3n) is 3.41. The Hall–Kier alpha value is -2.21. The van der Waals surface area contributed by atoms with Gasteiger partial charge in [0.25, 0.3) is 5.91 Å². The molecule has 0 aliphatic carbocycles. The summed E-state index contributed by atoms with van der Waals surface area (Å²) in [6, 6.07) is 5.25. The number of carbonyl (C=O) groups excluding carboxylic acids is 1. The average Bonchev–Trinajstić information content (AvgIpc) is 2.97. The summed E-state index contributed by atoms with van der Waals surface area (Å²) in [4.78, 5) is 16.4. The Labute approximate surface area is 130 Å². The first-order valence-electron chi connectivity index (χ1n) is 7.33. The lowest BCUT2D eigenvalue weighted by Gasteiger charge is -2.30. The van der Waals surface area contributed by atoms with Crippen LogP contribution in [0.15, 0.2) is 35.1 Å². The van der Waals surface area contributed by atoms with Gasteiger partial charge in [0.2, 0.25) is 0 Å². The molecule has 0 aliphatic rings. The summed E-state index contributed by atoms with van der Waals surface area (Å²) in [5.74, 6) is 0.654. The zero-order chi connectivity index (χ0) is 16.2. The fraction of sp³-hybridized carbons (Fsp3) is 0.438. The minimum atomic E-state index is -0.460. The number of hydrogen-bond acceptors (Lipinski definition) is 5. The van der Waals surface area contributed by atoms with E-state index in [-0.39, 0.29) is 11.6 Å². The van der Waals surface area contributed by atoms with E-state index in [0.29, 0.717) is 18.2 Å². The molecule has 6 heteroatoms. The molecule has 22 heavy (non-hydrogen) atoms. The zero-order valence-corrected chi connectivity index (χ0v) is 13.2. The summed E-state index contributed by atoms with van der Waals surface area (Å²) in [6.07, 6.45) is 4.12. The molecule has 0 fully saturated rings. The number of pyridine rings is 1. The molecule has 2 rings (SSSR count). The van der Waals surface area contributed by atoms with Crippen LogP contribution in [0.3, 0.4) is 0 Å². The van der Waals surface area contributed by atoms with Crippen molar-refractivity contribution >= 4 is 5.91 Å². The van der Waals surface area contributed by atoms with Crippen LogP contribution in [0.4, 0.5) is 0 Å². The van der Waals surface area contributed by atoms with Gasteiger partial charge in [0, 0.05) is 30.6 Å². The molecule has 1 amide bonds. The number of aromatic nitrogens is 2. The summed E-state index contributed by atoms with van der Waals surface area (Å²) in [5, 5.41) is 6.79. The van der Waals surface area contributed by atoms with E-state index in [2.05, 4.69) is 29.3 Å². The zero-order valence-electron chi connectivity index (χ0n) is 13.2. The van der Waals surface area contributed by atoms with E-state index in [4.69, 9.17) is 10.3 Å². The maximum Gasteiger partial charge on any atom is 0.273 e. The van der Waals surface area contributed by atoms with Crippen LogP contribution in [0.1, 0.15) is 37.7 Å². The molecule has 0 aromatic carbocycles. The Morgan fingerprint density at radius 3 is 2.86 bits per heavy atom. The highest BCUT2D eigenvalue weighted by atomic mass is 16.5. The average molecular weight is 302 g/mol. The molecule has 0 spiro atoms. The van der Waals surface area contributed by atoms with E-state index in [0.717, 1.165) is 12.0 Å². The minimum absolute atomic E-state index is 0.238. The molecule has 2 aromatic heterocycles. The highest BCUT2D eigenvalue weighted by molar-refractivity contribution is 5.93. The van der Waals surface area contributed by atoms with Crippen LogP contribution in [-0.2, 0) is 0 Å². The third-order valence-corrected chi connectivity index (χ3v) is 3.41. The summed E-state index contributed by atoms with van der Waals surface area (Å²) in [5.41, 5.74) is 6.37. The largest absolute Gasteiger partial charge is 0.355 e. The molecule has 0 bridgehead atoms. The van der Waals surface area contributed by atoms with Crippen LogP contribution >= 0.6 is 0 Å². The Balaban J connectivity index is 2.12. The lowest BCUT2D eigenvalue weighted by molar-refractivity contribution is 0.0889. The molecular weight excluding hydrogens is 280 g/mol. The van der Waals surface area contributed by atoms with Gasteiger partial charge in [-0.05, 0) is 31.4 Å². The van der Waals surface area contributed by atoms with Crippen LogP contribution in [0.25, 0.3) is 11.3 Å². The highest BCUT2D eigenvalue weighted by Gasteiger charge is 2.27. The number of nitrogens with zero attached hydrogens (tertiary/aromatic N) is 2. The second-order valence-electron chi connectivity index (χ2n) is 6.13. The molecule has 0 radical (unpaired) electrons. The van der Waals surface area contributed by atoms with Crippen molar-refractivity contribution in [2.45, 2.75) is 32.7 Å². The van der Waals surface area contributed by atoms with Crippen molar-refractivity contribution in [3.8, 4) is 11.3 Å². The summed E-state index contributed by atoms with van der Waals surface area (Å²) < 4.78 is 5.22. The summed E-state index contributed by atoms with van der Waals surface area (Å²) in [6.45, 7) is 6.49. The van der Waals surface area contributed by atoms with Crippen molar-refractivity contribution in [3.05, 3.63) is 36.3 Å². The van der Waals surface area contributed by atoms with Crippen LogP contribution in [0.5, 0.6) is 0 Å². The Morgan fingerprint density at radius 2 is 2.27 bits per heavy atom. The molecule has 2 heterocycles.